The summed E-state index contributed by atoms with van der Waals surface area (Å²) >= 11 is 0. The first-order chi connectivity index (χ1) is 35.1. The van der Waals surface area contributed by atoms with E-state index >= 15 is 0 Å². The Morgan fingerprint density at radius 2 is 0.958 bits per heavy atom. The van der Waals surface area contributed by atoms with E-state index in [1.54, 1.807) is 12.2 Å². The Hall–Kier alpha value is -3.61. The lowest BCUT2D eigenvalue weighted by atomic mass is 9.97. The molecule has 2 fully saturated rings. The van der Waals surface area contributed by atoms with Crippen LogP contribution >= 0.6 is 0 Å². The van der Waals surface area contributed by atoms with Crippen molar-refractivity contribution < 1.29 is 64.6 Å². The largest absolute Gasteiger partial charge is 0.394 e. The standard InChI is InChI=1S/C58H93NO13/c1-3-5-7-8-9-10-11-12-13-14-15-16-17-18-19-20-21-22-23-24-25-26-27-28-29-30-31-32-33-34-35-36-37-38-40-42-50(63)59-46(47(62)41-39-6-4-2)45-69-57-55(68)53(66)56(49(44-61)71-57)72-58-54(67)52(65)51(64)48(43-60)70-58/h5,7,9-10,12-13,15-16,18-19,21-22,24-25,27-28,30-31,39,41,46-49,51-58,60-62,64-68H,3-4,6,8,11,14,17,20,23,26,29,32-38,40,42-45H2,1-2H3,(H,59,63)/b7-5-,10-9-,13-12-,16-15-,19-18-,22-21-,25-24-,28-27-,31-30-,41-39+. The van der Waals surface area contributed by atoms with Crippen LogP contribution in [-0.2, 0) is 23.7 Å². The molecule has 0 aromatic rings. The quantitative estimate of drug-likeness (QED) is 0.0211. The molecule has 72 heavy (non-hydrogen) atoms. The fourth-order valence-electron chi connectivity index (χ4n) is 7.82. The van der Waals surface area contributed by atoms with E-state index in [1.807, 2.05) is 6.92 Å². The highest BCUT2D eigenvalue weighted by Crippen LogP contribution is 2.30. The van der Waals surface area contributed by atoms with Gasteiger partial charge in [0.15, 0.2) is 12.6 Å². The Morgan fingerprint density at radius 1 is 0.514 bits per heavy atom. The molecule has 14 nitrogen and oxygen atoms in total. The number of nitrogens with one attached hydrogen (secondary N) is 1. The van der Waals surface area contributed by atoms with Gasteiger partial charge in [-0.3, -0.25) is 4.79 Å². The van der Waals surface area contributed by atoms with Crippen molar-refractivity contribution in [3.63, 3.8) is 0 Å². The fourth-order valence-corrected chi connectivity index (χ4v) is 7.82. The molecule has 0 aromatic carbocycles. The van der Waals surface area contributed by atoms with Crippen LogP contribution in [0.5, 0.6) is 0 Å². The summed E-state index contributed by atoms with van der Waals surface area (Å²) in [7, 11) is 0. The number of hydrogen-bond donors (Lipinski definition) is 9. The lowest BCUT2D eigenvalue weighted by Crippen LogP contribution is -2.65. The van der Waals surface area contributed by atoms with Crippen molar-refractivity contribution in [1.82, 2.24) is 5.32 Å². The minimum atomic E-state index is -1.79. The third-order valence-corrected chi connectivity index (χ3v) is 12.1. The predicted molar refractivity (Wildman–Crippen MR) is 285 cm³/mol. The maximum Gasteiger partial charge on any atom is 0.220 e. The number of amides is 1. The number of aliphatic hydroxyl groups excluding tert-OH is 8. The highest BCUT2D eigenvalue weighted by Gasteiger charge is 2.51. The van der Waals surface area contributed by atoms with Crippen molar-refractivity contribution in [1.29, 1.82) is 0 Å². The van der Waals surface area contributed by atoms with Crippen molar-refractivity contribution in [3.05, 3.63) is 122 Å². The number of rotatable bonds is 39. The van der Waals surface area contributed by atoms with Crippen molar-refractivity contribution in [2.24, 2.45) is 0 Å². The van der Waals surface area contributed by atoms with Gasteiger partial charge in [0.2, 0.25) is 5.91 Å². The number of hydrogen-bond acceptors (Lipinski definition) is 13. The SMILES string of the molecule is CC/C=C\C/C=C\C/C=C\C/C=C\C/C=C\C/C=C\C/C=C\C/C=C\C/C=C\CCCCCCCCCC(=O)NC(COC1OC(CO)C(OC2OC(CO)C(O)C(O)C2O)C(O)C1O)C(O)/C=C/CCC. The Morgan fingerprint density at radius 3 is 1.44 bits per heavy atom. The first-order valence-electron chi connectivity index (χ1n) is 26.8. The molecule has 0 aliphatic carbocycles. The summed E-state index contributed by atoms with van der Waals surface area (Å²) in [5.41, 5.74) is 0. The van der Waals surface area contributed by atoms with Gasteiger partial charge in [0.1, 0.15) is 48.8 Å². The Kier molecular flexibility index (Phi) is 38.3. The van der Waals surface area contributed by atoms with Gasteiger partial charge < -0.3 is 65.1 Å². The lowest BCUT2D eigenvalue weighted by Gasteiger charge is -2.46. The van der Waals surface area contributed by atoms with Crippen LogP contribution < -0.4 is 5.32 Å². The van der Waals surface area contributed by atoms with Gasteiger partial charge in [-0.15, -0.1) is 0 Å². The molecule has 12 unspecified atom stereocenters. The van der Waals surface area contributed by atoms with E-state index in [0.29, 0.717) is 12.8 Å². The minimum absolute atomic E-state index is 0.257. The van der Waals surface area contributed by atoms with Crippen molar-refractivity contribution >= 4 is 5.91 Å². The molecule has 9 N–H and O–H groups in total. The molecule has 408 valence electrons. The van der Waals surface area contributed by atoms with Crippen LogP contribution in [0.15, 0.2) is 122 Å². The zero-order chi connectivity index (χ0) is 52.4. The summed E-state index contributed by atoms with van der Waals surface area (Å²) in [6.07, 6.45) is 45.1. The van der Waals surface area contributed by atoms with Gasteiger partial charge in [0.05, 0.1) is 32.0 Å². The van der Waals surface area contributed by atoms with Gasteiger partial charge in [0, 0.05) is 6.42 Å². The average molecular weight is 1010 g/mol. The fraction of sp³-hybridized carbons (Fsp3) is 0.638. The van der Waals surface area contributed by atoms with E-state index in [0.717, 1.165) is 109 Å². The molecule has 2 saturated heterocycles. The average Bonchev–Trinajstić information content (AvgIpc) is 3.38. The third kappa shape index (κ3) is 28.7. The van der Waals surface area contributed by atoms with E-state index < -0.39 is 86.8 Å². The molecular weight excluding hydrogens is 919 g/mol. The molecule has 0 radical (unpaired) electrons. The summed E-state index contributed by atoms with van der Waals surface area (Å²) in [5.74, 6) is -0.271. The molecule has 14 heteroatoms. The highest BCUT2D eigenvalue weighted by atomic mass is 16.7. The van der Waals surface area contributed by atoms with Crippen LogP contribution in [0.2, 0.25) is 0 Å². The maximum atomic E-state index is 13.0. The van der Waals surface area contributed by atoms with Gasteiger partial charge in [-0.25, -0.2) is 0 Å². The van der Waals surface area contributed by atoms with Crippen LogP contribution in [-0.4, -0.2) is 140 Å². The van der Waals surface area contributed by atoms with E-state index in [2.05, 4.69) is 122 Å². The molecular formula is C58H93NO13. The number of allylic oxidation sites excluding steroid dienone is 19. The zero-order valence-electron chi connectivity index (χ0n) is 43.4. The normalized spacial score (nSPS) is 26.6. The number of carbonyl (C=O) groups excluding carboxylic acids is 1. The Bertz CT molecular complexity index is 1670. The van der Waals surface area contributed by atoms with Gasteiger partial charge in [-0.1, -0.05) is 174 Å². The van der Waals surface area contributed by atoms with Crippen LogP contribution in [0.3, 0.4) is 0 Å². The second-order valence-corrected chi connectivity index (χ2v) is 18.3. The summed E-state index contributed by atoms with van der Waals surface area (Å²) in [5, 5.41) is 85.9. The van der Waals surface area contributed by atoms with Crippen molar-refractivity contribution in [3.8, 4) is 0 Å². The van der Waals surface area contributed by atoms with Crippen LogP contribution in [0.4, 0.5) is 0 Å². The maximum absolute atomic E-state index is 13.0. The van der Waals surface area contributed by atoms with Gasteiger partial charge in [-0.05, 0) is 83.5 Å². The van der Waals surface area contributed by atoms with Crippen molar-refractivity contribution in [2.75, 3.05) is 19.8 Å². The van der Waals surface area contributed by atoms with Crippen LogP contribution in [0.1, 0.15) is 142 Å². The predicted octanol–water partition coefficient (Wildman–Crippen LogP) is 7.88. The smallest absolute Gasteiger partial charge is 0.220 e. The molecule has 2 heterocycles. The molecule has 2 aliphatic heterocycles. The molecule has 0 bridgehead atoms. The summed E-state index contributed by atoms with van der Waals surface area (Å²) in [6.45, 7) is 2.40. The van der Waals surface area contributed by atoms with E-state index in [9.17, 15) is 45.6 Å². The molecule has 0 spiro atoms. The molecule has 0 aromatic heterocycles. The molecule has 2 aliphatic rings. The lowest BCUT2D eigenvalue weighted by molar-refractivity contribution is -0.359. The van der Waals surface area contributed by atoms with E-state index in [4.69, 9.17) is 18.9 Å². The monoisotopic (exact) mass is 1010 g/mol. The summed E-state index contributed by atoms with van der Waals surface area (Å²) < 4.78 is 22.5. The highest BCUT2D eigenvalue weighted by molar-refractivity contribution is 5.76. The van der Waals surface area contributed by atoms with E-state index in [1.165, 1.54) is 0 Å². The first kappa shape index (κ1) is 64.5. The number of carbonyl (C=O) groups is 1. The second-order valence-electron chi connectivity index (χ2n) is 18.3. The number of unbranched alkanes of at least 4 members (excludes halogenated alkanes) is 8. The second kappa shape index (κ2) is 42.7. The molecule has 12 atom stereocenters. The molecule has 1 amide bonds. The molecule has 2 rings (SSSR count). The number of ether oxygens (including phenoxy) is 4. The summed E-state index contributed by atoms with van der Waals surface area (Å²) in [6, 6.07) is -0.924. The van der Waals surface area contributed by atoms with Gasteiger partial charge in [0.25, 0.3) is 0 Å². The van der Waals surface area contributed by atoms with Gasteiger partial charge >= 0.3 is 0 Å². The van der Waals surface area contributed by atoms with Gasteiger partial charge in [-0.2, -0.15) is 0 Å². The van der Waals surface area contributed by atoms with E-state index in [-0.39, 0.29) is 18.9 Å². The Labute approximate surface area is 431 Å². The Balaban J connectivity index is 1.56. The van der Waals surface area contributed by atoms with Crippen LogP contribution in [0, 0.1) is 0 Å². The zero-order valence-corrected chi connectivity index (χ0v) is 43.4. The number of aliphatic hydroxyl groups is 8. The topological polar surface area (TPSA) is 228 Å². The van der Waals surface area contributed by atoms with Crippen LogP contribution in [0.25, 0.3) is 0 Å². The minimum Gasteiger partial charge on any atom is -0.394 e. The van der Waals surface area contributed by atoms with Crippen molar-refractivity contribution in [2.45, 2.75) is 216 Å². The molecule has 0 saturated carbocycles. The third-order valence-electron chi connectivity index (χ3n) is 12.1. The first-order valence-corrected chi connectivity index (χ1v) is 26.8. The summed E-state index contributed by atoms with van der Waals surface area (Å²) in [4.78, 5) is 13.0.